The van der Waals surface area contributed by atoms with Gasteiger partial charge in [-0.1, -0.05) is 18.2 Å². The molecule has 0 amide bonds. The summed E-state index contributed by atoms with van der Waals surface area (Å²) in [4.78, 5) is 2.67. The Kier molecular flexibility index (Phi) is 4.58. The zero-order valence-electron chi connectivity index (χ0n) is 12.5. The summed E-state index contributed by atoms with van der Waals surface area (Å²) in [5, 5.41) is 3.74. The highest BCUT2D eigenvalue weighted by atomic mass is 16.5. The molecular formula is C17H26N2O. The van der Waals surface area contributed by atoms with Crippen molar-refractivity contribution in [1.29, 1.82) is 0 Å². The van der Waals surface area contributed by atoms with Crippen molar-refractivity contribution in [2.45, 2.75) is 51.2 Å². The van der Waals surface area contributed by atoms with Gasteiger partial charge in [-0.2, -0.15) is 0 Å². The third-order valence-corrected chi connectivity index (χ3v) is 4.67. The highest BCUT2D eigenvalue weighted by Gasteiger charge is 2.31. The normalized spacial score (nSPS) is 26.4. The Hall–Kier alpha value is -1.06. The first-order valence-corrected chi connectivity index (χ1v) is 8.05. The minimum absolute atomic E-state index is 0.670. The maximum atomic E-state index is 5.70. The molecule has 0 radical (unpaired) electrons. The quantitative estimate of drug-likeness (QED) is 0.893. The number of ether oxygens (including phenoxy) is 1. The lowest BCUT2D eigenvalue weighted by atomic mass is 9.97. The zero-order valence-corrected chi connectivity index (χ0v) is 12.5. The van der Waals surface area contributed by atoms with Crippen molar-refractivity contribution in [2.24, 2.45) is 0 Å². The summed E-state index contributed by atoms with van der Waals surface area (Å²) >= 11 is 0. The van der Waals surface area contributed by atoms with E-state index in [1.54, 1.807) is 0 Å². The number of rotatable bonds is 5. The van der Waals surface area contributed by atoms with E-state index in [9.17, 15) is 0 Å². The molecule has 3 heteroatoms. The van der Waals surface area contributed by atoms with Crippen LogP contribution in [-0.4, -0.2) is 36.7 Å². The molecule has 2 saturated heterocycles. The summed E-state index contributed by atoms with van der Waals surface area (Å²) < 4.78 is 5.70. The molecule has 2 heterocycles. The second kappa shape index (κ2) is 6.59. The van der Waals surface area contributed by atoms with E-state index in [0.29, 0.717) is 6.04 Å². The van der Waals surface area contributed by atoms with E-state index < -0.39 is 0 Å². The predicted octanol–water partition coefficient (Wildman–Crippen LogP) is 2.80. The first-order chi connectivity index (χ1) is 9.86. The molecule has 2 aliphatic rings. The average molecular weight is 274 g/mol. The summed E-state index contributed by atoms with van der Waals surface area (Å²) in [5.74, 6) is 1.03. The Morgan fingerprint density at radius 1 is 1.25 bits per heavy atom. The van der Waals surface area contributed by atoms with Gasteiger partial charge in [-0.05, 0) is 51.8 Å². The SMILES string of the molecule is CCOc1ccccc1CNC1CCN2CCCC2C1. The fourth-order valence-electron chi connectivity index (χ4n) is 3.61. The number of para-hydroxylation sites is 1. The van der Waals surface area contributed by atoms with Crippen LogP contribution in [0.3, 0.4) is 0 Å². The van der Waals surface area contributed by atoms with Crippen molar-refractivity contribution in [3.05, 3.63) is 29.8 Å². The van der Waals surface area contributed by atoms with Gasteiger partial charge in [-0.25, -0.2) is 0 Å². The average Bonchev–Trinajstić information content (AvgIpc) is 2.94. The Labute approximate surface area is 122 Å². The van der Waals surface area contributed by atoms with Gasteiger partial charge in [0, 0.05) is 24.2 Å². The molecule has 0 spiro atoms. The molecule has 0 bridgehead atoms. The summed E-state index contributed by atoms with van der Waals surface area (Å²) in [5.41, 5.74) is 1.28. The maximum Gasteiger partial charge on any atom is 0.123 e. The molecular weight excluding hydrogens is 248 g/mol. The van der Waals surface area contributed by atoms with E-state index in [1.807, 2.05) is 13.0 Å². The number of hydrogen-bond acceptors (Lipinski definition) is 3. The van der Waals surface area contributed by atoms with Crippen molar-refractivity contribution >= 4 is 0 Å². The molecule has 2 unspecified atom stereocenters. The molecule has 0 saturated carbocycles. The molecule has 3 nitrogen and oxygen atoms in total. The minimum Gasteiger partial charge on any atom is -0.494 e. The van der Waals surface area contributed by atoms with E-state index in [-0.39, 0.29) is 0 Å². The van der Waals surface area contributed by atoms with E-state index in [2.05, 4.69) is 28.4 Å². The first kappa shape index (κ1) is 13.9. The van der Waals surface area contributed by atoms with Gasteiger partial charge in [0.2, 0.25) is 0 Å². The number of nitrogens with one attached hydrogen (secondary N) is 1. The van der Waals surface area contributed by atoms with Crippen LogP contribution in [0.25, 0.3) is 0 Å². The summed E-state index contributed by atoms with van der Waals surface area (Å²) in [6.07, 6.45) is 5.39. The number of nitrogens with zero attached hydrogens (tertiary/aromatic N) is 1. The van der Waals surface area contributed by atoms with Crippen LogP contribution in [0, 0.1) is 0 Å². The summed E-state index contributed by atoms with van der Waals surface area (Å²) in [6, 6.07) is 9.89. The second-order valence-electron chi connectivity index (χ2n) is 5.97. The third kappa shape index (κ3) is 3.15. The standard InChI is InChI=1S/C17H26N2O/c1-2-20-17-8-4-3-6-14(17)13-18-15-9-11-19-10-5-7-16(19)12-15/h3-4,6,8,15-16,18H,2,5,7,9-13H2,1H3. The van der Waals surface area contributed by atoms with E-state index in [0.717, 1.165) is 24.9 Å². The fourth-order valence-corrected chi connectivity index (χ4v) is 3.61. The van der Waals surface area contributed by atoms with Crippen molar-refractivity contribution in [2.75, 3.05) is 19.7 Å². The Morgan fingerprint density at radius 2 is 2.15 bits per heavy atom. The van der Waals surface area contributed by atoms with Crippen LogP contribution in [0.1, 0.15) is 38.2 Å². The zero-order chi connectivity index (χ0) is 13.8. The largest absolute Gasteiger partial charge is 0.494 e. The molecule has 1 aromatic carbocycles. The lowest BCUT2D eigenvalue weighted by Crippen LogP contribution is -2.45. The van der Waals surface area contributed by atoms with Crippen molar-refractivity contribution in [3.8, 4) is 5.75 Å². The van der Waals surface area contributed by atoms with Gasteiger partial charge in [-0.3, -0.25) is 0 Å². The molecule has 20 heavy (non-hydrogen) atoms. The molecule has 0 aliphatic carbocycles. The molecule has 2 aliphatic heterocycles. The number of piperidine rings is 1. The van der Waals surface area contributed by atoms with Crippen molar-refractivity contribution < 1.29 is 4.74 Å². The van der Waals surface area contributed by atoms with Crippen LogP contribution >= 0.6 is 0 Å². The topological polar surface area (TPSA) is 24.5 Å². The molecule has 1 aromatic rings. The highest BCUT2D eigenvalue weighted by Crippen LogP contribution is 2.27. The third-order valence-electron chi connectivity index (χ3n) is 4.67. The first-order valence-electron chi connectivity index (χ1n) is 8.05. The molecule has 2 fully saturated rings. The smallest absolute Gasteiger partial charge is 0.123 e. The Balaban J connectivity index is 1.54. The lowest BCUT2D eigenvalue weighted by Gasteiger charge is -2.35. The number of benzene rings is 1. The fraction of sp³-hybridized carbons (Fsp3) is 0.647. The van der Waals surface area contributed by atoms with Gasteiger partial charge in [0.25, 0.3) is 0 Å². The highest BCUT2D eigenvalue weighted by molar-refractivity contribution is 5.33. The van der Waals surface area contributed by atoms with Crippen molar-refractivity contribution in [3.63, 3.8) is 0 Å². The van der Waals surface area contributed by atoms with Crippen LogP contribution in [0.5, 0.6) is 5.75 Å². The van der Waals surface area contributed by atoms with E-state index in [1.165, 1.54) is 44.3 Å². The predicted molar refractivity (Wildman–Crippen MR) is 82.1 cm³/mol. The van der Waals surface area contributed by atoms with Crippen LogP contribution in [0.4, 0.5) is 0 Å². The molecule has 3 rings (SSSR count). The molecule has 1 N–H and O–H groups in total. The van der Waals surface area contributed by atoms with Gasteiger partial charge in [-0.15, -0.1) is 0 Å². The van der Waals surface area contributed by atoms with E-state index >= 15 is 0 Å². The lowest BCUT2D eigenvalue weighted by molar-refractivity contribution is 0.166. The molecule has 110 valence electrons. The van der Waals surface area contributed by atoms with Crippen LogP contribution < -0.4 is 10.1 Å². The number of fused-ring (bicyclic) bond motifs is 1. The molecule has 2 atom stereocenters. The van der Waals surface area contributed by atoms with Gasteiger partial charge in [0.05, 0.1) is 6.61 Å². The van der Waals surface area contributed by atoms with Crippen LogP contribution in [0.2, 0.25) is 0 Å². The molecule has 0 aromatic heterocycles. The van der Waals surface area contributed by atoms with Crippen LogP contribution in [-0.2, 0) is 6.54 Å². The van der Waals surface area contributed by atoms with E-state index in [4.69, 9.17) is 4.74 Å². The Morgan fingerprint density at radius 3 is 3.05 bits per heavy atom. The van der Waals surface area contributed by atoms with Gasteiger partial charge < -0.3 is 15.0 Å². The second-order valence-corrected chi connectivity index (χ2v) is 5.97. The monoisotopic (exact) mass is 274 g/mol. The Bertz CT molecular complexity index is 435. The van der Waals surface area contributed by atoms with Gasteiger partial charge >= 0.3 is 0 Å². The van der Waals surface area contributed by atoms with Gasteiger partial charge in [0.1, 0.15) is 5.75 Å². The number of hydrogen-bond donors (Lipinski definition) is 1. The maximum absolute atomic E-state index is 5.70. The van der Waals surface area contributed by atoms with Gasteiger partial charge in [0.15, 0.2) is 0 Å². The summed E-state index contributed by atoms with van der Waals surface area (Å²) in [7, 11) is 0. The minimum atomic E-state index is 0.670. The summed E-state index contributed by atoms with van der Waals surface area (Å²) in [6.45, 7) is 6.30. The van der Waals surface area contributed by atoms with Crippen LogP contribution in [0.15, 0.2) is 24.3 Å². The van der Waals surface area contributed by atoms with Crippen molar-refractivity contribution in [1.82, 2.24) is 10.2 Å².